The number of carbonyl (C=O) groups excluding carboxylic acids is 19. The molecule has 1 aromatic rings. The highest BCUT2D eigenvalue weighted by Crippen LogP contribution is 2.28. The number of imidazole rings is 1. The number of hydrogen-bond acceptors (Lipinski definition) is 27. The SMILES string of the molecule is CC(C)C[C@H](NC(=O)[C@H](CO)NC(=O)CNC(=O)[C@@H]1CCCN1C(=O)[C@@H]1CCCN1C(=O)[C@@H](NC(=O)[C@H](CO)NC(=O)[C@H](CC(C)C)NC(=O)[C@@H]1CCCN1C(=O)[C@H](Cc1cnc[nH]1)NC(=O)[C@H](CC(C)C)NC(=O)[C@H](CC(C)C)NC(=O)[C@H](CO)NC(=O)[C@@H](N)CC(C)C)C(C)C)C(=O)N[C@@H](CCC(=O)O)C(=O)N[C@@H](CCC(N)=O)C(=O)N[C@@H](CC(=O)O)C(=O)NCC(=O)N[C@H](C(=O)O)C(C)C. The van der Waals surface area contributed by atoms with Gasteiger partial charge in [-0.1, -0.05) is 96.9 Å². The molecule has 50 heteroatoms. The van der Waals surface area contributed by atoms with Crippen LogP contribution in [-0.2, 0) is 112 Å². The fourth-order valence-corrected chi connectivity index (χ4v) is 15.8. The van der Waals surface area contributed by atoms with Crippen molar-refractivity contribution < 1.29 is 136 Å². The molecule has 0 saturated carbocycles. The summed E-state index contributed by atoms with van der Waals surface area (Å²) in [4.78, 5) is 310. The number of carboxylic acids is 3. The van der Waals surface area contributed by atoms with E-state index in [2.05, 4.69) is 89.7 Å². The van der Waals surface area contributed by atoms with Crippen LogP contribution in [0, 0.1) is 41.4 Å². The van der Waals surface area contributed by atoms with Gasteiger partial charge in [-0.25, -0.2) is 9.78 Å². The molecular formula is C88H144N22O28. The smallest absolute Gasteiger partial charge is 0.326 e. The molecule has 0 aliphatic carbocycles. The maximum Gasteiger partial charge on any atom is 0.326 e. The molecular weight excluding hydrogens is 1810 g/mol. The van der Waals surface area contributed by atoms with E-state index in [0.29, 0.717) is 12.1 Å². The Morgan fingerprint density at radius 1 is 0.384 bits per heavy atom. The molecule has 50 nitrogen and oxygen atoms in total. The largest absolute Gasteiger partial charge is 0.481 e. The number of H-pyrrole nitrogens is 1. The minimum Gasteiger partial charge on any atom is -0.481 e. The van der Waals surface area contributed by atoms with Gasteiger partial charge < -0.3 is 142 Å². The van der Waals surface area contributed by atoms with E-state index in [9.17, 15) is 136 Å². The molecule has 0 aromatic carbocycles. The lowest BCUT2D eigenvalue weighted by molar-refractivity contribution is -0.148. The highest BCUT2D eigenvalue weighted by Gasteiger charge is 2.47. The minimum atomic E-state index is -1.99. The molecule has 0 spiro atoms. The fourth-order valence-electron chi connectivity index (χ4n) is 15.8. The molecule has 0 unspecified atom stereocenters. The number of nitrogens with two attached hydrogens (primary N) is 2. The first kappa shape index (κ1) is 118. The van der Waals surface area contributed by atoms with E-state index in [-0.39, 0.29) is 114 Å². The van der Waals surface area contributed by atoms with Gasteiger partial charge in [0.15, 0.2) is 0 Å². The molecule has 4 heterocycles. The highest BCUT2D eigenvalue weighted by atomic mass is 16.4. The Balaban J connectivity index is 1.44. The van der Waals surface area contributed by atoms with Gasteiger partial charge in [0.1, 0.15) is 96.7 Å². The number of aromatic nitrogens is 2. The molecule has 774 valence electrons. The monoisotopic (exact) mass is 1960 g/mol. The van der Waals surface area contributed by atoms with E-state index in [1.165, 1.54) is 41.1 Å². The number of aliphatic hydroxyl groups excluding tert-OH is 3. The normalized spacial score (nSPS) is 17.8. The number of rotatable bonds is 59. The van der Waals surface area contributed by atoms with Crippen LogP contribution in [0.1, 0.15) is 205 Å². The van der Waals surface area contributed by atoms with Crippen LogP contribution in [0.15, 0.2) is 12.5 Å². The lowest BCUT2D eigenvalue weighted by Crippen LogP contribution is -2.61. The molecule has 0 bridgehead atoms. The van der Waals surface area contributed by atoms with Crippen molar-refractivity contribution in [2.75, 3.05) is 52.5 Å². The van der Waals surface area contributed by atoms with Crippen molar-refractivity contribution in [1.82, 2.24) is 104 Å². The van der Waals surface area contributed by atoms with Gasteiger partial charge in [-0.05, 0) is 125 Å². The predicted octanol–water partition coefficient (Wildman–Crippen LogP) is -7.00. The number of amides is 19. The van der Waals surface area contributed by atoms with Crippen molar-refractivity contribution in [3.8, 4) is 0 Å². The van der Waals surface area contributed by atoms with Crippen molar-refractivity contribution in [3.05, 3.63) is 18.2 Å². The molecule has 0 radical (unpaired) electrons. The van der Waals surface area contributed by atoms with Gasteiger partial charge in [-0.2, -0.15) is 0 Å². The Morgan fingerprint density at radius 3 is 1.18 bits per heavy atom. The Morgan fingerprint density at radius 2 is 0.754 bits per heavy atom. The molecule has 3 saturated heterocycles. The lowest BCUT2D eigenvalue weighted by atomic mass is 9.99. The number of aliphatic carboxylic acids is 3. The molecule has 3 aliphatic rings. The number of carbonyl (C=O) groups is 22. The molecule has 4 rings (SSSR count). The average molecular weight is 1960 g/mol. The van der Waals surface area contributed by atoms with Crippen LogP contribution in [0.3, 0.4) is 0 Å². The minimum absolute atomic E-state index is 0.00447. The van der Waals surface area contributed by atoms with E-state index < -0.39 is 316 Å². The Kier molecular flexibility index (Phi) is 49.1. The van der Waals surface area contributed by atoms with E-state index in [4.69, 9.17) is 11.5 Å². The summed E-state index contributed by atoms with van der Waals surface area (Å²) in [6, 6.07) is -25.3. The Labute approximate surface area is 799 Å². The number of carboxylic acid groups (broad SMARTS) is 3. The summed E-state index contributed by atoms with van der Waals surface area (Å²) in [7, 11) is 0. The van der Waals surface area contributed by atoms with Crippen molar-refractivity contribution in [3.63, 3.8) is 0 Å². The number of aromatic amines is 1. The first-order chi connectivity index (χ1) is 64.7. The molecule has 3 fully saturated rings. The van der Waals surface area contributed by atoms with Crippen molar-refractivity contribution in [1.29, 1.82) is 0 Å². The van der Waals surface area contributed by atoms with Gasteiger partial charge in [0.25, 0.3) is 0 Å². The fraction of sp³-hybridized carbons (Fsp3) is 0.716. The zero-order valence-electron chi connectivity index (χ0n) is 80.8. The van der Waals surface area contributed by atoms with Gasteiger partial charge in [-0.3, -0.25) is 101 Å². The third-order valence-electron chi connectivity index (χ3n) is 22.9. The zero-order valence-corrected chi connectivity index (χ0v) is 80.8. The molecule has 138 heavy (non-hydrogen) atoms. The van der Waals surface area contributed by atoms with E-state index in [1.807, 2.05) is 13.8 Å². The average Bonchev–Trinajstić information content (AvgIpc) is 1.62. The van der Waals surface area contributed by atoms with Crippen molar-refractivity contribution in [2.45, 2.75) is 309 Å². The summed E-state index contributed by atoms with van der Waals surface area (Å²) in [6.45, 7) is 19.0. The second-order valence-corrected chi connectivity index (χ2v) is 37.7. The standard InChI is InChI=1S/C88H144N22O28/c1-42(2)28-50(89)72(121)104-60(39-112)81(130)100-54(30-44(5)6)77(126)98-55(31-45(7)8)78(127)103-58(33-49-35-91-41-94-49)85(134)108-25-16-19-63(108)84(133)102-56(32-46(9)10)79(128)105-61(40-113)82(131)107-70(47(11)12)87(136)110-27-17-20-64(110)86(135)109-26-15-18-62(109)83(132)93-36-66(115)95-59(38-111)80(129)99-53(29-43(3)4)76(125)97-52(22-24-68(117)118)74(123)96-51(21-23-65(90)114)75(124)101-57(34-69(119)120)73(122)92-37-67(116)106-71(48(13)14)88(137)138/h35,41-48,50-64,70-71,111-113H,15-34,36-40,89H2,1-14H3,(H2,90,114)(H,91,94)(H,92,122)(H,93,132)(H,95,115)(H,96,123)(H,97,125)(H,98,126)(H,99,129)(H,100,130)(H,101,124)(H,102,133)(H,103,127)(H,104,121)(H,105,128)(H,106,116)(H,107,131)(H,117,118)(H,119,120)(H,137,138)/t50-,51-,52-,53-,54-,55-,56-,57-,58-,59-,60-,61-,62-,63-,64-,70-,71-/m0/s1. The number of nitrogens with zero attached hydrogens (tertiary/aromatic N) is 4. The van der Waals surface area contributed by atoms with Crippen LogP contribution in [0.4, 0.5) is 0 Å². The third kappa shape index (κ3) is 38.8. The molecule has 1 aromatic heterocycles. The van der Waals surface area contributed by atoms with Gasteiger partial charge >= 0.3 is 17.9 Å². The quantitative estimate of drug-likeness (QED) is 0.0288. The highest BCUT2D eigenvalue weighted by molar-refractivity contribution is 6.02. The topological polar surface area (TPSA) is 768 Å². The van der Waals surface area contributed by atoms with Gasteiger partial charge in [0.2, 0.25) is 112 Å². The maximum absolute atomic E-state index is 15.0. The second kappa shape index (κ2) is 57.6. The van der Waals surface area contributed by atoms with Gasteiger partial charge in [-0.15, -0.1) is 0 Å². The number of primary amides is 1. The van der Waals surface area contributed by atoms with Crippen LogP contribution in [0.5, 0.6) is 0 Å². The summed E-state index contributed by atoms with van der Waals surface area (Å²) in [5.74, 6) is -25.2. The molecule has 26 N–H and O–H groups in total. The lowest BCUT2D eigenvalue weighted by Gasteiger charge is -2.34. The summed E-state index contributed by atoms with van der Waals surface area (Å²) >= 11 is 0. The number of hydrogen-bond donors (Lipinski definition) is 24. The van der Waals surface area contributed by atoms with Crippen molar-refractivity contribution >= 4 is 130 Å². The molecule has 3 aliphatic heterocycles. The third-order valence-corrected chi connectivity index (χ3v) is 22.9. The summed E-state index contributed by atoms with van der Waals surface area (Å²) in [5, 5.41) is 96.3. The number of nitrogens with one attached hydrogen (secondary N) is 16. The van der Waals surface area contributed by atoms with Crippen LogP contribution in [-0.4, -0.2) is 341 Å². The van der Waals surface area contributed by atoms with Crippen LogP contribution < -0.4 is 91.2 Å². The van der Waals surface area contributed by atoms with Crippen LogP contribution in [0.25, 0.3) is 0 Å². The number of likely N-dealkylation sites (tertiary alicyclic amines) is 3. The summed E-state index contributed by atoms with van der Waals surface area (Å²) in [6.07, 6.45) is -0.0829. The van der Waals surface area contributed by atoms with Crippen LogP contribution >= 0.6 is 0 Å². The van der Waals surface area contributed by atoms with Crippen molar-refractivity contribution in [2.24, 2.45) is 52.9 Å². The first-order valence-electron chi connectivity index (χ1n) is 46.6. The van der Waals surface area contributed by atoms with E-state index in [0.717, 1.165) is 0 Å². The van der Waals surface area contributed by atoms with Gasteiger partial charge in [0.05, 0.1) is 51.7 Å². The van der Waals surface area contributed by atoms with Gasteiger partial charge in [0, 0.05) is 50.8 Å². The summed E-state index contributed by atoms with van der Waals surface area (Å²) < 4.78 is 0. The first-order valence-corrected chi connectivity index (χ1v) is 46.6. The maximum atomic E-state index is 15.0. The van der Waals surface area contributed by atoms with Crippen LogP contribution in [0.2, 0.25) is 0 Å². The molecule has 17 atom stereocenters. The second-order valence-electron chi connectivity index (χ2n) is 37.7. The zero-order chi connectivity index (χ0) is 104. The summed E-state index contributed by atoms with van der Waals surface area (Å²) in [5.41, 5.74) is 11.8. The molecule has 19 amide bonds. The predicted molar refractivity (Wildman–Crippen MR) is 489 cm³/mol. The Hall–Kier alpha value is -12.6. The van der Waals surface area contributed by atoms with E-state index in [1.54, 1.807) is 69.2 Å². The number of aliphatic hydroxyl groups is 3. The van der Waals surface area contributed by atoms with E-state index >= 15 is 0 Å². The Bertz CT molecular complexity index is 4400.